The number of sulfonamides is 1. The van der Waals surface area contributed by atoms with E-state index in [4.69, 9.17) is 4.74 Å². The van der Waals surface area contributed by atoms with Gasteiger partial charge in [-0.25, -0.2) is 27.5 Å². The zero-order chi connectivity index (χ0) is 48.8. The quantitative estimate of drug-likeness (QED) is 0.0608. The number of aliphatic hydroxyl groups is 1. The number of anilines is 2. The molecule has 1 amide bonds. The largest absolute Gasteiger partial charge is 0.455 e. The van der Waals surface area contributed by atoms with Crippen LogP contribution in [0.5, 0.6) is 11.5 Å². The first kappa shape index (κ1) is 48.3. The first-order valence-corrected chi connectivity index (χ1v) is 25.8. The van der Waals surface area contributed by atoms with Crippen LogP contribution in [-0.4, -0.2) is 106 Å². The van der Waals surface area contributed by atoms with Crippen molar-refractivity contribution in [2.75, 3.05) is 49.5 Å². The van der Waals surface area contributed by atoms with E-state index >= 15 is 0 Å². The van der Waals surface area contributed by atoms with E-state index in [9.17, 15) is 32.8 Å². The minimum atomic E-state index is -4.69. The highest BCUT2D eigenvalue weighted by molar-refractivity contribution is 7.90. The fourth-order valence-electron chi connectivity index (χ4n) is 11.1. The van der Waals surface area contributed by atoms with Gasteiger partial charge in [0.05, 0.1) is 33.9 Å². The van der Waals surface area contributed by atoms with Crippen LogP contribution in [-0.2, 0) is 10.0 Å². The molecule has 4 fully saturated rings. The minimum absolute atomic E-state index is 0.0161. The van der Waals surface area contributed by atoms with E-state index in [2.05, 4.69) is 91.7 Å². The number of nitrogens with one attached hydrogen (secondary N) is 3. The number of rotatable bonds is 14. The maximum absolute atomic E-state index is 14.7. The van der Waals surface area contributed by atoms with Crippen molar-refractivity contribution in [3.05, 3.63) is 106 Å². The van der Waals surface area contributed by atoms with Crippen molar-refractivity contribution in [3.8, 4) is 11.5 Å². The van der Waals surface area contributed by atoms with Gasteiger partial charge >= 0.3 is 5.69 Å². The molecule has 18 heteroatoms. The van der Waals surface area contributed by atoms with Crippen LogP contribution in [0.25, 0.3) is 11.0 Å². The van der Waals surface area contributed by atoms with Gasteiger partial charge in [0, 0.05) is 81.4 Å². The third kappa shape index (κ3) is 10.3. The number of piperidine rings is 1. The Kier molecular flexibility index (Phi) is 13.5. The molecule has 69 heavy (non-hydrogen) atoms. The molecule has 2 saturated carbocycles. The number of hydrogen-bond acceptors (Lipinski definition) is 13. The standard InChI is InChI=1S/C51H64FN9O7S/c1-32(2)39-8-6-7-9-40(39)45-31-59(33(3)4)20-21-60(45)36-25-51(26-36)16-18-58(19-17-51)35-10-11-41(46(22-35)68-37-23-42-43(52)30-56-47(42)54-28-37)49(62)57-69(66,67)38-24-44(61(64)65)48(55-29-38)53-27-34-12-14-50(5,63)15-13-34/h6-11,22-24,28-30,32-34,36,45,63H,12-21,25-27,31H2,1-5H3,(H,53,55)(H,54,56)(H,57,62)/t34?,45-,50?/m0/s1. The highest BCUT2D eigenvalue weighted by Gasteiger charge is 2.50. The number of pyridine rings is 2. The van der Waals surface area contributed by atoms with Crippen LogP contribution >= 0.6 is 0 Å². The second kappa shape index (κ2) is 19.2. The average Bonchev–Trinajstić information content (AvgIpc) is 3.69. The summed E-state index contributed by atoms with van der Waals surface area (Å²) in [7, 11) is -4.69. The van der Waals surface area contributed by atoms with Gasteiger partial charge in [0.1, 0.15) is 27.9 Å². The van der Waals surface area contributed by atoms with Crippen molar-refractivity contribution in [2.45, 2.75) is 121 Å². The predicted octanol–water partition coefficient (Wildman–Crippen LogP) is 8.91. The van der Waals surface area contributed by atoms with Gasteiger partial charge < -0.3 is 25.0 Å². The molecule has 4 aliphatic rings. The number of carbonyl (C=O) groups is 1. The maximum atomic E-state index is 14.7. The van der Waals surface area contributed by atoms with Crippen molar-refractivity contribution >= 4 is 44.2 Å². The molecular formula is C51H64FN9O7S. The van der Waals surface area contributed by atoms with E-state index in [1.54, 1.807) is 19.1 Å². The highest BCUT2D eigenvalue weighted by atomic mass is 32.2. The summed E-state index contributed by atoms with van der Waals surface area (Å²) in [6.45, 7) is 15.9. The van der Waals surface area contributed by atoms with Gasteiger partial charge in [-0.05, 0) is 119 Å². The molecule has 0 radical (unpaired) electrons. The van der Waals surface area contributed by atoms with Gasteiger partial charge in [-0.3, -0.25) is 24.7 Å². The Bertz CT molecular complexity index is 2810. The lowest BCUT2D eigenvalue weighted by Crippen LogP contribution is -2.60. The molecular weight excluding hydrogens is 902 g/mol. The summed E-state index contributed by atoms with van der Waals surface area (Å²) in [5, 5.41) is 25.6. The number of hydrogen-bond donors (Lipinski definition) is 4. The molecule has 5 heterocycles. The summed E-state index contributed by atoms with van der Waals surface area (Å²) in [6, 6.07) is 17.5. The molecule has 1 atom stereocenters. The minimum Gasteiger partial charge on any atom is -0.455 e. The molecule has 16 nitrogen and oxygen atoms in total. The molecule has 368 valence electrons. The van der Waals surface area contributed by atoms with Crippen LogP contribution in [0.15, 0.2) is 78.1 Å². The van der Waals surface area contributed by atoms with Crippen molar-refractivity contribution in [2.24, 2.45) is 11.3 Å². The Balaban J connectivity index is 0.909. The number of fused-ring (bicyclic) bond motifs is 1. The van der Waals surface area contributed by atoms with Crippen LogP contribution < -0.4 is 19.7 Å². The van der Waals surface area contributed by atoms with E-state index in [0.29, 0.717) is 49.1 Å². The SMILES string of the molecule is CC(C)c1ccccc1[C@@H]1CN(C(C)C)CCN1C1CC2(CCN(c3ccc(C(=O)NS(=O)(=O)c4cnc(NCC5CCC(C)(O)CC5)c([N+](=O)[O-])c4)c(Oc4cnc5[nH]cc(F)c5c4)c3)CC2)C1. The summed E-state index contributed by atoms with van der Waals surface area (Å²) >= 11 is 0. The lowest BCUT2D eigenvalue weighted by atomic mass is 9.59. The Morgan fingerprint density at radius 2 is 1.74 bits per heavy atom. The van der Waals surface area contributed by atoms with E-state index in [1.807, 2.05) is 0 Å². The number of piperazine rings is 1. The van der Waals surface area contributed by atoms with E-state index in [0.717, 1.165) is 89.2 Å². The molecule has 4 N–H and O–H groups in total. The summed E-state index contributed by atoms with van der Waals surface area (Å²) in [4.78, 5) is 43.6. The van der Waals surface area contributed by atoms with Gasteiger partial charge in [-0.15, -0.1) is 0 Å². The number of nitrogens with zero attached hydrogens (tertiary/aromatic N) is 6. The van der Waals surface area contributed by atoms with Crippen molar-refractivity contribution in [1.29, 1.82) is 0 Å². The lowest BCUT2D eigenvalue weighted by Gasteiger charge is -2.58. The number of aromatic nitrogens is 3. The molecule has 0 unspecified atom stereocenters. The third-order valence-corrected chi connectivity index (χ3v) is 16.7. The normalized spacial score (nSPS) is 22.5. The molecule has 5 aromatic rings. The molecule has 2 aliphatic heterocycles. The fourth-order valence-corrected chi connectivity index (χ4v) is 12.0. The number of carbonyl (C=O) groups excluding carboxylic acids is 1. The van der Waals surface area contributed by atoms with Crippen molar-refractivity contribution < 1.29 is 32.4 Å². The number of aromatic amines is 1. The van der Waals surface area contributed by atoms with Crippen LogP contribution in [0.1, 0.15) is 119 Å². The monoisotopic (exact) mass is 965 g/mol. The fraction of sp³-hybridized carbons (Fsp3) is 0.510. The van der Waals surface area contributed by atoms with Crippen LogP contribution in [0.2, 0.25) is 0 Å². The highest BCUT2D eigenvalue weighted by Crippen LogP contribution is 2.53. The Morgan fingerprint density at radius 3 is 2.45 bits per heavy atom. The number of H-pyrrole nitrogens is 1. The average molecular weight is 966 g/mol. The smallest absolute Gasteiger partial charge is 0.312 e. The van der Waals surface area contributed by atoms with Crippen LogP contribution in [0.4, 0.5) is 21.6 Å². The zero-order valence-electron chi connectivity index (χ0n) is 40.1. The number of halogens is 1. The van der Waals surface area contributed by atoms with Gasteiger partial charge in [0.2, 0.25) is 5.82 Å². The predicted molar refractivity (Wildman–Crippen MR) is 263 cm³/mol. The molecule has 3 aromatic heterocycles. The first-order valence-electron chi connectivity index (χ1n) is 24.3. The van der Waals surface area contributed by atoms with Gasteiger partial charge in [-0.1, -0.05) is 38.1 Å². The van der Waals surface area contributed by atoms with E-state index in [-0.39, 0.29) is 39.6 Å². The second-order valence-electron chi connectivity index (χ2n) is 20.7. The summed E-state index contributed by atoms with van der Waals surface area (Å²) in [6.07, 6.45) is 10.4. The summed E-state index contributed by atoms with van der Waals surface area (Å²) in [5.41, 5.74) is 2.73. The van der Waals surface area contributed by atoms with Gasteiger partial charge in [0.15, 0.2) is 0 Å². The molecule has 0 bridgehead atoms. The topological polar surface area (TPSA) is 199 Å². The lowest BCUT2D eigenvalue weighted by molar-refractivity contribution is -0.384. The molecule has 1 spiro atoms. The van der Waals surface area contributed by atoms with Crippen molar-refractivity contribution in [1.82, 2.24) is 29.5 Å². The molecule has 2 aliphatic carbocycles. The van der Waals surface area contributed by atoms with Gasteiger partial charge in [0.25, 0.3) is 15.9 Å². The number of benzene rings is 2. The van der Waals surface area contributed by atoms with Crippen LogP contribution in [0, 0.1) is 27.3 Å². The Hall–Kier alpha value is -5.69. The van der Waals surface area contributed by atoms with Gasteiger partial charge in [-0.2, -0.15) is 0 Å². The Labute approximate surface area is 403 Å². The number of amides is 1. The van der Waals surface area contributed by atoms with E-state index < -0.39 is 42.9 Å². The zero-order valence-corrected chi connectivity index (χ0v) is 40.9. The summed E-state index contributed by atoms with van der Waals surface area (Å²) in [5.74, 6) is -0.961. The Morgan fingerprint density at radius 1 is 1.00 bits per heavy atom. The van der Waals surface area contributed by atoms with Crippen molar-refractivity contribution in [3.63, 3.8) is 0 Å². The van der Waals surface area contributed by atoms with Crippen LogP contribution in [0.3, 0.4) is 0 Å². The third-order valence-electron chi connectivity index (χ3n) is 15.4. The van der Waals surface area contributed by atoms with E-state index in [1.165, 1.54) is 35.7 Å². The molecule has 9 rings (SSSR count). The second-order valence-corrected chi connectivity index (χ2v) is 22.4. The number of ether oxygens (including phenoxy) is 1. The summed E-state index contributed by atoms with van der Waals surface area (Å²) < 4.78 is 50.5. The number of nitro groups is 1. The first-order chi connectivity index (χ1) is 32.9. The maximum Gasteiger partial charge on any atom is 0.312 e. The molecule has 2 aromatic carbocycles. The molecule has 2 saturated heterocycles.